The van der Waals surface area contributed by atoms with E-state index in [0.29, 0.717) is 17.9 Å². The highest BCUT2D eigenvalue weighted by molar-refractivity contribution is 8.04. The van der Waals surface area contributed by atoms with E-state index >= 15 is 0 Å². The van der Waals surface area contributed by atoms with Gasteiger partial charge in [0.05, 0.1) is 11.8 Å². The highest BCUT2D eigenvalue weighted by atomic mass is 32.2. The van der Waals surface area contributed by atoms with Crippen molar-refractivity contribution in [3.63, 3.8) is 0 Å². The maximum Gasteiger partial charge on any atom is 0.335 e. The Bertz CT molecular complexity index is 692. The van der Waals surface area contributed by atoms with E-state index in [1.165, 1.54) is 6.33 Å². The van der Waals surface area contributed by atoms with Crippen molar-refractivity contribution >= 4 is 36.5 Å². The summed E-state index contributed by atoms with van der Waals surface area (Å²) in [5.74, 6) is 0.465. The second-order valence-corrected chi connectivity index (χ2v) is 6.94. The summed E-state index contributed by atoms with van der Waals surface area (Å²) in [5.41, 5.74) is 5.34. The highest BCUT2D eigenvalue weighted by Gasteiger charge is 2.13. The molecule has 2 aromatic rings. The summed E-state index contributed by atoms with van der Waals surface area (Å²) in [6.45, 7) is 0.428. The molecule has 0 saturated heterocycles. The van der Waals surface area contributed by atoms with Crippen LogP contribution in [0.4, 0.5) is 5.95 Å². The monoisotopic (exact) mass is 305 g/mol. The first-order chi connectivity index (χ1) is 8.87. The summed E-state index contributed by atoms with van der Waals surface area (Å²) < 4.78 is 12.3. The van der Waals surface area contributed by atoms with Gasteiger partial charge < -0.3 is 20.1 Å². The van der Waals surface area contributed by atoms with Crippen LogP contribution in [0.25, 0.3) is 11.2 Å². The molecule has 2 heterocycles. The summed E-state index contributed by atoms with van der Waals surface area (Å²) in [5, 5.41) is 0. The number of H-pyrrole nitrogens is 1. The largest absolute Gasteiger partial charge is 0.369 e. The van der Waals surface area contributed by atoms with Crippen molar-refractivity contribution in [2.45, 2.75) is 6.54 Å². The van der Waals surface area contributed by atoms with E-state index in [9.17, 15) is 9.36 Å². The molecule has 0 amide bonds. The first kappa shape index (κ1) is 14.1. The van der Waals surface area contributed by atoms with Gasteiger partial charge in [-0.15, -0.1) is 11.8 Å². The lowest BCUT2D eigenvalue weighted by molar-refractivity contribution is 0.379. The molecule has 0 aliphatic carbocycles. The fraction of sp³-hybridized carbons (Fsp3) is 0.375. The van der Waals surface area contributed by atoms with Crippen molar-refractivity contribution in [2.75, 3.05) is 17.0 Å². The summed E-state index contributed by atoms with van der Waals surface area (Å²) in [6.07, 6.45) is 1.45. The highest BCUT2D eigenvalue weighted by Crippen LogP contribution is 2.38. The Balaban J connectivity index is 2.10. The van der Waals surface area contributed by atoms with Crippen LogP contribution in [0.5, 0.6) is 0 Å². The number of hydrogen-bond acceptors (Lipinski definition) is 6. The average Bonchev–Trinajstić information content (AvgIpc) is 2.66. The maximum atomic E-state index is 11.5. The second-order valence-electron chi connectivity index (χ2n) is 3.76. The van der Waals surface area contributed by atoms with E-state index in [4.69, 9.17) is 15.5 Å². The molecular formula is C8H12N5O4PS. The summed E-state index contributed by atoms with van der Waals surface area (Å²) in [6, 6.07) is 0. The molecular weight excluding hydrogens is 293 g/mol. The topological polar surface area (TPSA) is 147 Å². The number of rotatable bonds is 5. The SMILES string of the molecule is Nc1nc2c(ncn2CCSCP(=O)(O)O)c(=O)[nH]1. The zero-order valence-corrected chi connectivity index (χ0v) is 11.4. The van der Waals surface area contributed by atoms with Crippen molar-refractivity contribution in [3.05, 3.63) is 16.7 Å². The van der Waals surface area contributed by atoms with Crippen LogP contribution < -0.4 is 11.3 Å². The van der Waals surface area contributed by atoms with E-state index in [0.717, 1.165) is 11.8 Å². The predicted molar refractivity (Wildman–Crippen MR) is 71.9 cm³/mol. The lowest BCUT2D eigenvalue weighted by atomic mass is 10.5. The molecule has 9 nitrogen and oxygen atoms in total. The summed E-state index contributed by atoms with van der Waals surface area (Å²) in [4.78, 5) is 39.2. The third kappa shape index (κ3) is 3.57. The molecule has 0 aromatic carbocycles. The first-order valence-electron chi connectivity index (χ1n) is 5.20. The number of aryl methyl sites for hydroxylation is 1. The standard InChI is InChI=1S/C8H12N5O4PS/c9-8-11-6-5(7(14)12-8)10-3-13(6)1-2-19-4-18(15,16)17/h3H,1-2,4H2,(H2,15,16,17)(H3,9,11,12,14). The van der Waals surface area contributed by atoms with E-state index in [2.05, 4.69) is 15.0 Å². The van der Waals surface area contributed by atoms with E-state index in [1.54, 1.807) is 4.57 Å². The van der Waals surface area contributed by atoms with E-state index in [1.807, 2.05) is 0 Å². The third-order valence-corrected chi connectivity index (χ3v) is 4.78. The van der Waals surface area contributed by atoms with Gasteiger partial charge >= 0.3 is 7.60 Å². The van der Waals surface area contributed by atoms with Gasteiger partial charge in [-0.3, -0.25) is 14.3 Å². The van der Waals surface area contributed by atoms with Gasteiger partial charge in [0, 0.05) is 12.3 Å². The molecule has 104 valence electrons. The molecule has 0 radical (unpaired) electrons. The van der Waals surface area contributed by atoms with Gasteiger partial charge in [0.25, 0.3) is 5.56 Å². The number of fused-ring (bicyclic) bond motifs is 1. The third-order valence-electron chi connectivity index (χ3n) is 2.23. The molecule has 2 rings (SSSR count). The smallest absolute Gasteiger partial charge is 0.335 e. The van der Waals surface area contributed by atoms with Gasteiger partial charge in [-0.05, 0) is 0 Å². The Morgan fingerprint density at radius 2 is 2.26 bits per heavy atom. The minimum absolute atomic E-state index is 0.00196. The molecule has 0 spiro atoms. The van der Waals surface area contributed by atoms with Crippen LogP contribution in [-0.2, 0) is 11.1 Å². The Hall–Kier alpha value is -1.35. The van der Waals surface area contributed by atoms with Crippen molar-refractivity contribution in [1.29, 1.82) is 0 Å². The first-order valence-corrected chi connectivity index (χ1v) is 8.15. The Morgan fingerprint density at radius 3 is 2.95 bits per heavy atom. The van der Waals surface area contributed by atoms with Crippen molar-refractivity contribution in [3.8, 4) is 0 Å². The normalized spacial score (nSPS) is 12.1. The van der Waals surface area contributed by atoms with Crippen LogP contribution in [0.2, 0.25) is 0 Å². The van der Waals surface area contributed by atoms with Crippen LogP contribution in [-0.4, -0.2) is 40.6 Å². The van der Waals surface area contributed by atoms with Crippen molar-refractivity contribution in [2.24, 2.45) is 0 Å². The van der Waals surface area contributed by atoms with E-state index < -0.39 is 13.2 Å². The molecule has 0 unspecified atom stereocenters. The molecule has 11 heteroatoms. The number of aromatic amines is 1. The minimum Gasteiger partial charge on any atom is -0.369 e. The molecule has 5 N–H and O–H groups in total. The second kappa shape index (κ2) is 5.33. The van der Waals surface area contributed by atoms with Gasteiger partial charge in [0.2, 0.25) is 5.95 Å². The van der Waals surface area contributed by atoms with Crippen LogP contribution in [0.1, 0.15) is 0 Å². The number of nitrogens with two attached hydrogens (primary N) is 1. The molecule has 0 fully saturated rings. The number of nitrogen functional groups attached to an aromatic ring is 1. The van der Waals surface area contributed by atoms with Gasteiger partial charge in [0.15, 0.2) is 11.2 Å². The van der Waals surface area contributed by atoms with Gasteiger partial charge in [-0.1, -0.05) is 0 Å². The molecule has 2 aromatic heterocycles. The van der Waals surface area contributed by atoms with E-state index in [-0.39, 0.29) is 17.0 Å². The number of anilines is 1. The Morgan fingerprint density at radius 1 is 1.53 bits per heavy atom. The quantitative estimate of drug-likeness (QED) is 0.430. The van der Waals surface area contributed by atoms with Gasteiger partial charge in [-0.25, -0.2) is 4.98 Å². The predicted octanol–water partition coefficient (Wildman–Crippen LogP) is -0.430. The number of thioether (sulfide) groups is 1. The molecule has 0 bridgehead atoms. The summed E-state index contributed by atoms with van der Waals surface area (Å²) in [7, 11) is -3.99. The molecule has 0 saturated carbocycles. The summed E-state index contributed by atoms with van der Waals surface area (Å²) >= 11 is 1.12. The maximum absolute atomic E-state index is 11.5. The molecule has 0 aliphatic heterocycles. The van der Waals surface area contributed by atoms with Crippen LogP contribution >= 0.6 is 19.4 Å². The van der Waals surface area contributed by atoms with Crippen LogP contribution in [0.15, 0.2) is 11.1 Å². The van der Waals surface area contributed by atoms with Crippen molar-refractivity contribution in [1.82, 2.24) is 19.5 Å². The number of aromatic nitrogens is 4. The minimum atomic E-state index is -3.99. The van der Waals surface area contributed by atoms with Gasteiger partial charge in [0.1, 0.15) is 0 Å². The Labute approximate surface area is 111 Å². The lowest BCUT2D eigenvalue weighted by Crippen LogP contribution is -2.12. The van der Waals surface area contributed by atoms with Crippen molar-refractivity contribution < 1.29 is 14.4 Å². The number of nitrogens with one attached hydrogen (secondary N) is 1. The number of imidazole rings is 1. The fourth-order valence-electron chi connectivity index (χ4n) is 1.48. The van der Waals surface area contributed by atoms with Crippen LogP contribution in [0, 0.1) is 0 Å². The fourth-order valence-corrected chi connectivity index (χ4v) is 3.27. The number of nitrogens with zero attached hydrogens (tertiary/aromatic N) is 3. The molecule has 0 atom stereocenters. The lowest BCUT2D eigenvalue weighted by Gasteiger charge is -2.05. The van der Waals surface area contributed by atoms with Crippen LogP contribution in [0.3, 0.4) is 0 Å². The molecule has 19 heavy (non-hydrogen) atoms. The molecule has 0 aliphatic rings. The number of hydrogen-bond donors (Lipinski definition) is 4. The average molecular weight is 305 g/mol. The van der Waals surface area contributed by atoms with Gasteiger partial charge in [-0.2, -0.15) is 4.98 Å². The Kier molecular flexibility index (Phi) is 3.95. The zero-order valence-electron chi connectivity index (χ0n) is 9.68. The zero-order chi connectivity index (χ0) is 14.0.